The topological polar surface area (TPSA) is 43.8 Å². The van der Waals surface area contributed by atoms with Crippen LogP contribution in [0.2, 0.25) is 0 Å². The van der Waals surface area contributed by atoms with Crippen molar-refractivity contribution < 1.29 is 14.3 Å². The average molecular weight is 252 g/mol. The second-order valence-corrected chi connectivity index (χ2v) is 4.51. The fourth-order valence-corrected chi connectivity index (χ4v) is 2.18. The van der Waals surface area contributed by atoms with E-state index in [1.165, 1.54) is 12.1 Å². The number of hydrogen-bond acceptors (Lipinski definition) is 3. The minimum Gasteiger partial charge on any atom is -0.480 e. The van der Waals surface area contributed by atoms with Crippen LogP contribution >= 0.6 is 0 Å². The van der Waals surface area contributed by atoms with Crippen molar-refractivity contribution in [1.29, 1.82) is 0 Å². The molecule has 0 amide bonds. The fraction of sp³-hybridized carbons (Fsp3) is 0.462. The highest BCUT2D eigenvalue weighted by atomic mass is 19.1. The smallest absolute Gasteiger partial charge is 0.320 e. The van der Waals surface area contributed by atoms with Crippen LogP contribution < -0.4 is 4.90 Å². The molecule has 2 rings (SSSR count). The van der Waals surface area contributed by atoms with Gasteiger partial charge in [0.15, 0.2) is 0 Å². The summed E-state index contributed by atoms with van der Waals surface area (Å²) in [6.07, 6.45) is 0. The molecule has 5 heteroatoms. The van der Waals surface area contributed by atoms with E-state index in [4.69, 9.17) is 5.11 Å². The molecule has 0 saturated carbocycles. The van der Waals surface area contributed by atoms with Crippen molar-refractivity contribution in [2.45, 2.75) is 13.0 Å². The quantitative estimate of drug-likeness (QED) is 0.883. The zero-order valence-electron chi connectivity index (χ0n) is 10.3. The van der Waals surface area contributed by atoms with Crippen LogP contribution in [0.3, 0.4) is 0 Å². The van der Waals surface area contributed by atoms with E-state index in [9.17, 15) is 9.18 Å². The molecule has 4 nitrogen and oxygen atoms in total. The molecule has 1 aliphatic rings. The van der Waals surface area contributed by atoms with Gasteiger partial charge in [-0.3, -0.25) is 9.69 Å². The van der Waals surface area contributed by atoms with E-state index in [0.717, 1.165) is 18.8 Å². The fourth-order valence-electron chi connectivity index (χ4n) is 2.18. The van der Waals surface area contributed by atoms with E-state index < -0.39 is 12.0 Å². The molecule has 1 aliphatic heterocycles. The Hall–Kier alpha value is -1.62. The number of piperazine rings is 1. The Kier molecular flexibility index (Phi) is 3.81. The van der Waals surface area contributed by atoms with E-state index in [2.05, 4.69) is 4.90 Å². The monoisotopic (exact) mass is 252 g/mol. The number of carboxylic acids is 1. The zero-order valence-corrected chi connectivity index (χ0v) is 10.3. The Labute approximate surface area is 106 Å². The van der Waals surface area contributed by atoms with Crippen LogP contribution in [0.4, 0.5) is 10.1 Å². The number of hydrogen-bond donors (Lipinski definition) is 1. The Morgan fingerprint density at radius 1 is 1.22 bits per heavy atom. The predicted octanol–water partition coefficient (Wildman–Crippen LogP) is 1.42. The van der Waals surface area contributed by atoms with Gasteiger partial charge >= 0.3 is 5.97 Å². The standard InChI is InChI=1S/C13H17FN2O2/c1-10(13(17)18)15-6-8-16(9-7-15)12-4-2-11(14)3-5-12/h2-5,10H,6-9H2,1H3,(H,17,18)/t10-/m1/s1. The molecule has 1 atom stereocenters. The molecule has 18 heavy (non-hydrogen) atoms. The molecule has 1 fully saturated rings. The number of nitrogens with zero attached hydrogens (tertiary/aromatic N) is 2. The van der Waals surface area contributed by atoms with Crippen LogP contribution in [0.1, 0.15) is 6.92 Å². The SMILES string of the molecule is C[C@H](C(=O)O)N1CCN(c2ccc(F)cc2)CC1. The molecule has 0 unspecified atom stereocenters. The minimum atomic E-state index is -0.787. The Bertz CT molecular complexity index is 414. The van der Waals surface area contributed by atoms with Gasteiger partial charge in [0, 0.05) is 31.9 Å². The van der Waals surface area contributed by atoms with Crippen LogP contribution in [-0.4, -0.2) is 48.2 Å². The third-order valence-electron chi connectivity index (χ3n) is 3.41. The van der Waals surface area contributed by atoms with E-state index in [0.29, 0.717) is 13.1 Å². The van der Waals surface area contributed by atoms with Gasteiger partial charge in [0.1, 0.15) is 11.9 Å². The summed E-state index contributed by atoms with van der Waals surface area (Å²) in [5.74, 6) is -1.03. The lowest BCUT2D eigenvalue weighted by Crippen LogP contribution is -2.51. The van der Waals surface area contributed by atoms with Gasteiger partial charge in [-0.25, -0.2) is 4.39 Å². The van der Waals surface area contributed by atoms with Crippen molar-refractivity contribution in [2.24, 2.45) is 0 Å². The second kappa shape index (κ2) is 5.35. The molecule has 0 radical (unpaired) electrons. The molecule has 1 heterocycles. The summed E-state index contributed by atoms with van der Waals surface area (Å²) in [5, 5.41) is 8.95. The minimum absolute atomic E-state index is 0.239. The third kappa shape index (κ3) is 2.79. The van der Waals surface area contributed by atoms with Crippen molar-refractivity contribution in [1.82, 2.24) is 4.90 Å². The first-order chi connectivity index (χ1) is 8.58. The van der Waals surface area contributed by atoms with Crippen molar-refractivity contribution in [2.75, 3.05) is 31.1 Å². The van der Waals surface area contributed by atoms with Crippen LogP contribution in [0.25, 0.3) is 0 Å². The highest BCUT2D eigenvalue weighted by Gasteiger charge is 2.25. The Balaban J connectivity index is 1.94. The number of rotatable bonds is 3. The van der Waals surface area contributed by atoms with Gasteiger partial charge in [-0.15, -0.1) is 0 Å². The first-order valence-electron chi connectivity index (χ1n) is 6.05. The largest absolute Gasteiger partial charge is 0.480 e. The van der Waals surface area contributed by atoms with Gasteiger partial charge in [0.25, 0.3) is 0 Å². The summed E-state index contributed by atoms with van der Waals surface area (Å²) >= 11 is 0. The molecule has 0 spiro atoms. The molecule has 1 aromatic rings. The first-order valence-corrected chi connectivity index (χ1v) is 6.05. The maximum Gasteiger partial charge on any atom is 0.320 e. The van der Waals surface area contributed by atoms with Crippen molar-refractivity contribution in [3.63, 3.8) is 0 Å². The summed E-state index contributed by atoms with van der Waals surface area (Å²) in [7, 11) is 0. The molecule has 1 N–H and O–H groups in total. The third-order valence-corrected chi connectivity index (χ3v) is 3.41. The lowest BCUT2D eigenvalue weighted by Gasteiger charge is -2.37. The number of carbonyl (C=O) groups is 1. The first kappa shape index (κ1) is 12.8. The van der Waals surface area contributed by atoms with Gasteiger partial charge in [-0.2, -0.15) is 0 Å². The number of benzene rings is 1. The molecule has 1 aromatic carbocycles. The maximum atomic E-state index is 12.8. The predicted molar refractivity (Wildman–Crippen MR) is 67.3 cm³/mol. The summed E-state index contributed by atoms with van der Waals surface area (Å²) in [4.78, 5) is 15.0. The van der Waals surface area contributed by atoms with Crippen molar-refractivity contribution in [3.05, 3.63) is 30.1 Å². The molecular formula is C13H17FN2O2. The van der Waals surface area contributed by atoms with Crippen LogP contribution in [0.5, 0.6) is 0 Å². The van der Waals surface area contributed by atoms with E-state index >= 15 is 0 Å². The lowest BCUT2D eigenvalue weighted by molar-refractivity contribution is -0.142. The summed E-state index contributed by atoms with van der Waals surface area (Å²) < 4.78 is 12.8. The average Bonchev–Trinajstić information content (AvgIpc) is 2.39. The van der Waals surface area contributed by atoms with Gasteiger partial charge in [-0.1, -0.05) is 0 Å². The lowest BCUT2D eigenvalue weighted by atomic mass is 10.2. The van der Waals surface area contributed by atoms with Crippen LogP contribution in [0, 0.1) is 5.82 Å². The summed E-state index contributed by atoms with van der Waals surface area (Å²) in [5.41, 5.74) is 0.985. The highest BCUT2D eigenvalue weighted by Crippen LogP contribution is 2.17. The van der Waals surface area contributed by atoms with Crippen molar-refractivity contribution in [3.8, 4) is 0 Å². The molecule has 0 aromatic heterocycles. The molecule has 98 valence electrons. The van der Waals surface area contributed by atoms with Crippen LogP contribution in [0.15, 0.2) is 24.3 Å². The number of aliphatic carboxylic acids is 1. The van der Waals surface area contributed by atoms with E-state index in [-0.39, 0.29) is 5.82 Å². The Morgan fingerprint density at radius 3 is 2.28 bits per heavy atom. The Morgan fingerprint density at radius 2 is 1.78 bits per heavy atom. The van der Waals surface area contributed by atoms with Gasteiger partial charge in [-0.05, 0) is 31.2 Å². The second-order valence-electron chi connectivity index (χ2n) is 4.51. The van der Waals surface area contributed by atoms with E-state index in [1.54, 1.807) is 19.1 Å². The normalized spacial score (nSPS) is 18.7. The molecular weight excluding hydrogens is 235 g/mol. The summed E-state index contributed by atoms with van der Waals surface area (Å²) in [6.45, 7) is 4.66. The van der Waals surface area contributed by atoms with Crippen molar-refractivity contribution >= 4 is 11.7 Å². The molecule has 1 saturated heterocycles. The number of carboxylic acid groups (broad SMARTS) is 1. The maximum absolute atomic E-state index is 12.8. The summed E-state index contributed by atoms with van der Waals surface area (Å²) in [6, 6.07) is 5.96. The molecule has 0 bridgehead atoms. The number of anilines is 1. The van der Waals surface area contributed by atoms with Gasteiger partial charge in [0.05, 0.1) is 0 Å². The number of halogens is 1. The molecule has 0 aliphatic carbocycles. The van der Waals surface area contributed by atoms with Gasteiger partial charge in [0.2, 0.25) is 0 Å². The van der Waals surface area contributed by atoms with Gasteiger partial charge < -0.3 is 10.0 Å². The van der Waals surface area contributed by atoms with Crippen LogP contribution in [-0.2, 0) is 4.79 Å². The van der Waals surface area contributed by atoms with E-state index in [1.807, 2.05) is 4.90 Å². The highest BCUT2D eigenvalue weighted by molar-refractivity contribution is 5.72. The zero-order chi connectivity index (χ0) is 13.1.